The Labute approximate surface area is 125 Å². The molecular weight excluding hydrogens is 266 g/mol. The number of nitrogens with one attached hydrogen (secondary N) is 1. The van der Waals surface area contributed by atoms with Crippen molar-refractivity contribution < 1.29 is 9.47 Å². The van der Waals surface area contributed by atoms with Gasteiger partial charge in [0.15, 0.2) is 0 Å². The summed E-state index contributed by atoms with van der Waals surface area (Å²) in [7, 11) is 3.28. The van der Waals surface area contributed by atoms with Crippen LogP contribution in [0, 0.1) is 6.92 Å². The van der Waals surface area contributed by atoms with Gasteiger partial charge in [0.2, 0.25) is 0 Å². The number of rotatable bonds is 6. The monoisotopic (exact) mass is 287 g/mol. The Morgan fingerprint density at radius 3 is 2.33 bits per heavy atom. The molecule has 0 radical (unpaired) electrons. The van der Waals surface area contributed by atoms with Gasteiger partial charge in [0.1, 0.15) is 23.1 Å². The molecule has 0 bridgehead atoms. The molecule has 0 saturated heterocycles. The first-order valence-electron chi connectivity index (χ1n) is 7.00. The van der Waals surface area contributed by atoms with Crippen LogP contribution in [0.1, 0.15) is 19.2 Å². The maximum absolute atomic E-state index is 5.44. The van der Waals surface area contributed by atoms with Crippen LogP contribution in [-0.2, 0) is 0 Å². The van der Waals surface area contributed by atoms with Crippen molar-refractivity contribution in [1.29, 1.82) is 0 Å². The largest absolute Gasteiger partial charge is 0.496 e. The van der Waals surface area contributed by atoms with Crippen molar-refractivity contribution in [3.63, 3.8) is 0 Å². The quantitative estimate of drug-likeness (QED) is 0.883. The number of nitrogens with zero attached hydrogens (tertiary/aromatic N) is 2. The van der Waals surface area contributed by atoms with E-state index in [0.717, 1.165) is 41.5 Å². The van der Waals surface area contributed by atoms with Crippen molar-refractivity contribution in [2.75, 3.05) is 26.1 Å². The summed E-state index contributed by atoms with van der Waals surface area (Å²) in [6.45, 7) is 4.87. The highest BCUT2D eigenvalue weighted by Gasteiger charge is 2.15. The summed E-state index contributed by atoms with van der Waals surface area (Å²) in [5.74, 6) is 2.98. The number of hydrogen-bond acceptors (Lipinski definition) is 5. The van der Waals surface area contributed by atoms with Gasteiger partial charge < -0.3 is 14.8 Å². The highest BCUT2D eigenvalue weighted by molar-refractivity contribution is 5.75. The maximum atomic E-state index is 5.44. The van der Waals surface area contributed by atoms with Crippen LogP contribution in [0.15, 0.2) is 24.3 Å². The molecule has 112 valence electrons. The van der Waals surface area contributed by atoms with E-state index >= 15 is 0 Å². The van der Waals surface area contributed by atoms with Gasteiger partial charge in [-0.3, -0.25) is 0 Å². The smallest absolute Gasteiger partial charge is 0.132 e. The summed E-state index contributed by atoms with van der Waals surface area (Å²) in [4.78, 5) is 8.92. The maximum Gasteiger partial charge on any atom is 0.132 e. The molecule has 2 rings (SSSR count). The zero-order chi connectivity index (χ0) is 15.2. The summed E-state index contributed by atoms with van der Waals surface area (Å²) in [6.07, 6.45) is 1.04. The van der Waals surface area contributed by atoms with Gasteiger partial charge in [-0.1, -0.05) is 13.0 Å². The third-order valence-corrected chi connectivity index (χ3v) is 3.08. The van der Waals surface area contributed by atoms with Gasteiger partial charge in [-0.2, -0.15) is 0 Å². The summed E-state index contributed by atoms with van der Waals surface area (Å²) >= 11 is 0. The van der Waals surface area contributed by atoms with Gasteiger partial charge in [0.05, 0.1) is 25.5 Å². The molecule has 0 saturated carbocycles. The van der Waals surface area contributed by atoms with Crippen LogP contribution < -0.4 is 14.8 Å². The van der Waals surface area contributed by atoms with Crippen molar-refractivity contribution in [2.24, 2.45) is 0 Å². The zero-order valence-electron chi connectivity index (χ0n) is 12.9. The van der Waals surface area contributed by atoms with Gasteiger partial charge in [-0.15, -0.1) is 0 Å². The van der Waals surface area contributed by atoms with Gasteiger partial charge in [0, 0.05) is 12.6 Å². The lowest BCUT2D eigenvalue weighted by atomic mass is 10.1. The van der Waals surface area contributed by atoms with Crippen molar-refractivity contribution in [3.05, 3.63) is 30.1 Å². The van der Waals surface area contributed by atoms with Crippen LogP contribution in [0.3, 0.4) is 0 Å². The van der Waals surface area contributed by atoms with Crippen molar-refractivity contribution in [3.8, 4) is 22.8 Å². The SMILES string of the molecule is CCCNc1cc(-c2c(OC)cccc2OC)nc(C)n1. The molecule has 5 nitrogen and oxygen atoms in total. The van der Waals surface area contributed by atoms with Crippen LogP contribution in [0.2, 0.25) is 0 Å². The fourth-order valence-corrected chi connectivity index (χ4v) is 2.14. The number of methoxy groups -OCH3 is 2. The Balaban J connectivity index is 2.53. The summed E-state index contributed by atoms with van der Waals surface area (Å²) in [5, 5.41) is 3.29. The molecule has 1 aromatic heterocycles. The van der Waals surface area contributed by atoms with Crippen molar-refractivity contribution in [1.82, 2.24) is 9.97 Å². The fourth-order valence-electron chi connectivity index (χ4n) is 2.14. The lowest BCUT2D eigenvalue weighted by Crippen LogP contribution is -2.05. The first-order chi connectivity index (χ1) is 10.2. The van der Waals surface area contributed by atoms with Gasteiger partial charge in [0.25, 0.3) is 0 Å². The van der Waals surface area contributed by atoms with E-state index in [-0.39, 0.29) is 0 Å². The molecule has 1 N–H and O–H groups in total. The Kier molecular flexibility index (Phi) is 4.98. The first kappa shape index (κ1) is 15.1. The third-order valence-electron chi connectivity index (χ3n) is 3.08. The zero-order valence-corrected chi connectivity index (χ0v) is 12.9. The normalized spacial score (nSPS) is 10.3. The summed E-state index contributed by atoms with van der Waals surface area (Å²) in [6, 6.07) is 7.61. The van der Waals surface area contributed by atoms with Gasteiger partial charge in [-0.25, -0.2) is 9.97 Å². The highest BCUT2D eigenvalue weighted by atomic mass is 16.5. The molecule has 0 unspecified atom stereocenters. The molecule has 1 aromatic carbocycles. The number of aromatic nitrogens is 2. The summed E-state index contributed by atoms with van der Waals surface area (Å²) < 4.78 is 10.9. The second kappa shape index (κ2) is 6.92. The van der Waals surface area contributed by atoms with E-state index in [2.05, 4.69) is 22.2 Å². The van der Waals surface area contributed by atoms with E-state index in [1.165, 1.54) is 0 Å². The average Bonchev–Trinajstić information content (AvgIpc) is 2.51. The lowest BCUT2D eigenvalue weighted by Gasteiger charge is -2.14. The van der Waals surface area contributed by atoms with E-state index in [9.17, 15) is 0 Å². The molecule has 0 aliphatic heterocycles. The average molecular weight is 287 g/mol. The number of aryl methyl sites for hydroxylation is 1. The summed E-state index contributed by atoms with van der Waals surface area (Å²) in [5.41, 5.74) is 1.63. The Bertz CT molecular complexity index is 592. The van der Waals surface area contributed by atoms with Crippen molar-refractivity contribution in [2.45, 2.75) is 20.3 Å². The van der Waals surface area contributed by atoms with E-state index in [1.807, 2.05) is 31.2 Å². The van der Waals surface area contributed by atoms with Crippen LogP contribution in [0.4, 0.5) is 5.82 Å². The molecular formula is C16H21N3O2. The standard InChI is InChI=1S/C16H21N3O2/c1-5-9-17-15-10-12(18-11(2)19-15)16-13(20-3)7-6-8-14(16)21-4/h6-8,10H,5,9H2,1-4H3,(H,17,18,19). The minimum atomic E-state index is 0.707. The highest BCUT2D eigenvalue weighted by Crippen LogP contribution is 2.37. The third kappa shape index (κ3) is 3.42. The van der Waals surface area contributed by atoms with Crippen LogP contribution in [-0.4, -0.2) is 30.7 Å². The van der Waals surface area contributed by atoms with E-state index < -0.39 is 0 Å². The Morgan fingerprint density at radius 2 is 1.76 bits per heavy atom. The number of anilines is 1. The van der Waals surface area contributed by atoms with E-state index in [0.29, 0.717) is 5.82 Å². The molecule has 21 heavy (non-hydrogen) atoms. The van der Waals surface area contributed by atoms with Crippen LogP contribution in [0.25, 0.3) is 11.3 Å². The second-order valence-corrected chi connectivity index (χ2v) is 4.65. The molecule has 2 aromatic rings. The van der Waals surface area contributed by atoms with E-state index in [4.69, 9.17) is 9.47 Å². The number of benzene rings is 1. The topological polar surface area (TPSA) is 56.3 Å². The number of ether oxygens (including phenoxy) is 2. The predicted molar refractivity (Wildman–Crippen MR) is 84.1 cm³/mol. The predicted octanol–water partition coefficient (Wildman–Crippen LogP) is 3.29. The fraction of sp³-hybridized carbons (Fsp3) is 0.375. The van der Waals surface area contributed by atoms with Gasteiger partial charge >= 0.3 is 0 Å². The molecule has 5 heteroatoms. The van der Waals surface area contributed by atoms with E-state index in [1.54, 1.807) is 14.2 Å². The minimum absolute atomic E-state index is 0.707. The minimum Gasteiger partial charge on any atom is -0.496 e. The lowest BCUT2D eigenvalue weighted by molar-refractivity contribution is 0.397. The second-order valence-electron chi connectivity index (χ2n) is 4.65. The Hall–Kier alpha value is -2.30. The molecule has 0 aliphatic rings. The molecule has 0 atom stereocenters. The molecule has 0 amide bonds. The van der Waals surface area contributed by atoms with Crippen LogP contribution in [0.5, 0.6) is 11.5 Å². The molecule has 0 fully saturated rings. The molecule has 0 spiro atoms. The molecule has 1 heterocycles. The number of hydrogen-bond donors (Lipinski definition) is 1. The first-order valence-corrected chi connectivity index (χ1v) is 7.00. The Morgan fingerprint density at radius 1 is 1.10 bits per heavy atom. The van der Waals surface area contributed by atoms with Crippen LogP contribution >= 0.6 is 0 Å². The van der Waals surface area contributed by atoms with Crippen molar-refractivity contribution >= 4 is 5.82 Å². The van der Waals surface area contributed by atoms with Gasteiger partial charge in [-0.05, 0) is 25.5 Å². The molecule has 0 aliphatic carbocycles.